The highest BCUT2D eigenvalue weighted by Gasteiger charge is 1.98. The summed E-state index contributed by atoms with van der Waals surface area (Å²) in [6.45, 7) is 2.13. The van der Waals surface area contributed by atoms with E-state index in [1.54, 1.807) is 0 Å². The van der Waals surface area contributed by atoms with Gasteiger partial charge in [0.1, 0.15) is 0 Å². The molecule has 2 N–H and O–H groups in total. The number of nitrogens with two attached hydrogens (primary N) is 1. The molecule has 1 aromatic rings. The van der Waals surface area contributed by atoms with Gasteiger partial charge in [0.25, 0.3) is 0 Å². The maximum atomic E-state index is 5.82. The fraction of sp³-hybridized carbons (Fsp3) is 0.455. The van der Waals surface area contributed by atoms with E-state index < -0.39 is 0 Å². The summed E-state index contributed by atoms with van der Waals surface area (Å²) in [5.74, 6) is 0. The number of hydrogen-bond acceptors (Lipinski definition) is 1. The molecule has 1 nitrogen and oxygen atoms in total. The molecule has 0 spiro atoms. The molecule has 1 rings (SSSR count). The van der Waals surface area contributed by atoms with Crippen LogP contribution in [0.25, 0.3) is 0 Å². The van der Waals surface area contributed by atoms with Gasteiger partial charge in [0.15, 0.2) is 0 Å². The normalized spacial score (nSPS) is 12.8. The molecule has 0 aliphatic rings. The van der Waals surface area contributed by atoms with Gasteiger partial charge in [0, 0.05) is 6.04 Å². The molecule has 0 aromatic heterocycles. The van der Waals surface area contributed by atoms with Crippen molar-refractivity contribution in [3.63, 3.8) is 0 Å². The quantitative estimate of drug-likeness (QED) is 0.724. The Labute approximate surface area is 74.6 Å². The Kier molecular flexibility index (Phi) is 3.81. The minimum Gasteiger partial charge on any atom is -0.328 e. The van der Waals surface area contributed by atoms with Crippen molar-refractivity contribution in [1.82, 2.24) is 0 Å². The summed E-state index contributed by atoms with van der Waals surface area (Å²) in [6.07, 6.45) is 3.28. The van der Waals surface area contributed by atoms with Gasteiger partial charge >= 0.3 is 0 Å². The van der Waals surface area contributed by atoms with Crippen LogP contribution in [0.3, 0.4) is 0 Å². The van der Waals surface area contributed by atoms with Gasteiger partial charge in [-0.25, -0.2) is 0 Å². The van der Waals surface area contributed by atoms with Gasteiger partial charge in [-0.05, 0) is 24.8 Å². The van der Waals surface area contributed by atoms with Gasteiger partial charge < -0.3 is 5.73 Å². The maximum Gasteiger partial charge on any atom is 0.00393 e. The first kappa shape index (κ1) is 9.27. The standard InChI is InChI=1S/C11H17N/c1-2-11(12)9-8-10-6-4-3-5-7-10/h3-7,11H,2,8-9,12H2,1H3/t11-/m1/s1. The molecule has 66 valence electrons. The first-order valence-corrected chi connectivity index (χ1v) is 4.62. The van der Waals surface area contributed by atoms with E-state index in [-0.39, 0.29) is 0 Å². The van der Waals surface area contributed by atoms with Gasteiger partial charge in [0.2, 0.25) is 0 Å². The van der Waals surface area contributed by atoms with Gasteiger partial charge in [-0.1, -0.05) is 37.3 Å². The molecule has 1 heteroatoms. The van der Waals surface area contributed by atoms with Crippen molar-refractivity contribution in [2.75, 3.05) is 0 Å². The molecule has 0 aliphatic carbocycles. The van der Waals surface area contributed by atoms with Gasteiger partial charge in [0.05, 0.1) is 0 Å². The first-order valence-electron chi connectivity index (χ1n) is 4.62. The van der Waals surface area contributed by atoms with Crippen LogP contribution in [-0.2, 0) is 6.42 Å². The lowest BCUT2D eigenvalue weighted by Gasteiger charge is -2.07. The SMILES string of the molecule is CC[C@@H](N)CCc1ccccc1. The lowest BCUT2D eigenvalue weighted by Crippen LogP contribution is -2.18. The smallest absolute Gasteiger partial charge is 0.00393 e. The summed E-state index contributed by atoms with van der Waals surface area (Å²) in [5, 5.41) is 0. The van der Waals surface area contributed by atoms with E-state index in [2.05, 4.69) is 31.2 Å². The molecule has 0 heterocycles. The molecule has 0 saturated carbocycles. The van der Waals surface area contributed by atoms with Crippen LogP contribution in [0.4, 0.5) is 0 Å². The summed E-state index contributed by atoms with van der Waals surface area (Å²) < 4.78 is 0. The third kappa shape index (κ3) is 3.05. The second-order valence-corrected chi connectivity index (χ2v) is 3.19. The van der Waals surface area contributed by atoms with E-state index in [1.807, 2.05) is 6.07 Å². The predicted molar refractivity (Wildman–Crippen MR) is 53.0 cm³/mol. The Morgan fingerprint density at radius 2 is 1.92 bits per heavy atom. The molecule has 0 amide bonds. The van der Waals surface area contributed by atoms with Crippen molar-refractivity contribution in [3.8, 4) is 0 Å². The molecule has 0 bridgehead atoms. The second kappa shape index (κ2) is 4.94. The average molecular weight is 163 g/mol. The highest BCUT2D eigenvalue weighted by Crippen LogP contribution is 2.04. The van der Waals surface area contributed by atoms with Crippen molar-refractivity contribution >= 4 is 0 Å². The van der Waals surface area contributed by atoms with E-state index in [0.29, 0.717) is 6.04 Å². The van der Waals surface area contributed by atoms with E-state index in [0.717, 1.165) is 19.3 Å². The number of aryl methyl sites for hydroxylation is 1. The third-order valence-electron chi connectivity index (χ3n) is 2.17. The minimum atomic E-state index is 0.366. The van der Waals surface area contributed by atoms with Crippen LogP contribution in [0.5, 0.6) is 0 Å². The summed E-state index contributed by atoms with van der Waals surface area (Å²) in [4.78, 5) is 0. The van der Waals surface area contributed by atoms with Crippen molar-refractivity contribution in [1.29, 1.82) is 0 Å². The Balaban J connectivity index is 2.33. The lowest BCUT2D eigenvalue weighted by atomic mass is 10.0. The van der Waals surface area contributed by atoms with Crippen molar-refractivity contribution in [2.45, 2.75) is 32.2 Å². The van der Waals surface area contributed by atoms with Crippen molar-refractivity contribution in [3.05, 3.63) is 35.9 Å². The molecule has 0 fully saturated rings. The molecular formula is C11H17N. The van der Waals surface area contributed by atoms with Gasteiger partial charge in [-0.3, -0.25) is 0 Å². The lowest BCUT2D eigenvalue weighted by molar-refractivity contribution is 0.596. The maximum absolute atomic E-state index is 5.82. The molecule has 0 unspecified atom stereocenters. The molecule has 12 heavy (non-hydrogen) atoms. The predicted octanol–water partition coefficient (Wildman–Crippen LogP) is 2.36. The largest absolute Gasteiger partial charge is 0.328 e. The van der Waals surface area contributed by atoms with Gasteiger partial charge in [-0.2, -0.15) is 0 Å². The molecule has 1 atom stereocenters. The van der Waals surface area contributed by atoms with E-state index in [1.165, 1.54) is 5.56 Å². The summed E-state index contributed by atoms with van der Waals surface area (Å²) in [6, 6.07) is 10.9. The van der Waals surface area contributed by atoms with Crippen LogP contribution in [0.2, 0.25) is 0 Å². The van der Waals surface area contributed by atoms with Crippen LogP contribution in [-0.4, -0.2) is 6.04 Å². The zero-order valence-electron chi connectivity index (χ0n) is 7.66. The highest BCUT2D eigenvalue weighted by atomic mass is 14.6. The summed E-state index contributed by atoms with van der Waals surface area (Å²) in [7, 11) is 0. The van der Waals surface area contributed by atoms with Gasteiger partial charge in [-0.15, -0.1) is 0 Å². The number of benzene rings is 1. The Morgan fingerprint density at radius 1 is 1.25 bits per heavy atom. The Hall–Kier alpha value is -0.820. The van der Waals surface area contributed by atoms with Crippen LogP contribution in [0, 0.1) is 0 Å². The molecular weight excluding hydrogens is 146 g/mol. The minimum absolute atomic E-state index is 0.366. The zero-order chi connectivity index (χ0) is 8.81. The molecule has 0 saturated heterocycles. The third-order valence-corrected chi connectivity index (χ3v) is 2.17. The van der Waals surface area contributed by atoms with Crippen LogP contribution in [0.15, 0.2) is 30.3 Å². The van der Waals surface area contributed by atoms with E-state index in [4.69, 9.17) is 5.73 Å². The fourth-order valence-corrected chi connectivity index (χ4v) is 1.20. The Morgan fingerprint density at radius 3 is 2.50 bits per heavy atom. The monoisotopic (exact) mass is 163 g/mol. The van der Waals surface area contributed by atoms with Crippen LogP contribution in [0.1, 0.15) is 25.3 Å². The Bertz CT molecular complexity index is 206. The molecule has 0 aliphatic heterocycles. The van der Waals surface area contributed by atoms with Crippen LogP contribution >= 0.6 is 0 Å². The number of rotatable bonds is 4. The summed E-state index contributed by atoms with van der Waals surface area (Å²) in [5.41, 5.74) is 7.21. The number of hydrogen-bond donors (Lipinski definition) is 1. The summed E-state index contributed by atoms with van der Waals surface area (Å²) >= 11 is 0. The fourth-order valence-electron chi connectivity index (χ4n) is 1.20. The molecule has 0 radical (unpaired) electrons. The van der Waals surface area contributed by atoms with Crippen molar-refractivity contribution < 1.29 is 0 Å². The zero-order valence-corrected chi connectivity index (χ0v) is 7.66. The van der Waals surface area contributed by atoms with E-state index in [9.17, 15) is 0 Å². The average Bonchev–Trinajstić information content (AvgIpc) is 2.16. The van der Waals surface area contributed by atoms with Crippen LogP contribution < -0.4 is 5.73 Å². The second-order valence-electron chi connectivity index (χ2n) is 3.19. The molecule has 1 aromatic carbocycles. The van der Waals surface area contributed by atoms with Crippen molar-refractivity contribution in [2.24, 2.45) is 5.73 Å². The topological polar surface area (TPSA) is 26.0 Å². The highest BCUT2D eigenvalue weighted by molar-refractivity contribution is 5.14. The van der Waals surface area contributed by atoms with E-state index >= 15 is 0 Å². The first-order chi connectivity index (χ1) is 5.83.